The van der Waals surface area contributed by atoms with Crippen LogP contribution in [0.5, 0.6) is 0 Å². The van der Waals surface area contributed by atoms with Crippen LogP contribution in [0.4, 0.5) is 0 Å². The Kier molecular flexibility index (Phi) is 14.7. The van der Waals surface area contributed by atoms with Crippen molar-refractivity contribution in [3.05, 3.63) is 0 Å². The van der Waals surface area contributed by atoms with Gasteiger partial charge in [0.2, 0.25) is 17.7 Å². The fraction of sp³-hybridized carbons (Fsp3) is 0.706. The van der Waals surface area contributed by atoms with E-state index in [0.29, 0.717) is 17.9 Å². The summed E-state index contributed by atoms with van der Waals surface area (Å²) >= 11 is 2.92. The standard InChI is InChI=1S/C17H30N4O8S2/c1-30-5-3-9(18)14(25)19-10(4-6-31-2)15(26)20-11(7-13(23)24)16(27)21-12(8-22)17(28)29/h9-12,22H,3-8,18H2,1-2H3,(H,19,25)(H,20,26)(H,21,27)(H,23,24)(H,28,29). The molecule has 0 aliphatic heterocycles. The lowest BCUT2D eigenvalue weighted by atomic mass is 10.1. The van der Waals surface area contributed by atoms with E-state index in [2.05, 4.69) is 10.6 Å². The number of nitrogens with one attached hydrogen (secondary N) is 3. The number of carbonyl (C=O) groups is 5. The van der Waals surface area contributed by atoms with E-state index >= 15 is 0 Å². The summed E-state index contributed by atoms with van der Waals surface area (Å²) in [6.45, 7) is -0.921. The van der Waals surface area contributed by atoms with Crippen molar-refractivity contribution in [3.63, 3.8) is 0 Å². The average molecular weight is 483 g/mol. The molecule has 8 N–H and O–H groups in total. The van der Waals surface area contributed by atoms with Crippen LogP contribution < -0.4 is 21.7 Å². The average Bonchev–Trinajstić information content (AvgIpc) is 2.71. The van der Waals surface area contributed by atoms with Gasteiger partial charge in [0.1, 0.15) is 18.1 Å². The van der Waals surface area contributed by atoms with Gasteiger partial charge in [-0.2, -0.15) is 23.5 Å². The molecule has 0 saturated heterocycles. The van der Waals surface area contributed by atoms with Crippen LogP contribution in [0.1, 0.15) is 19.3 Å². The minimum Gasteiger partial charge on any atom is -0.481 e. The van der Waals surface area contributed by atoms with Gasteiger partial charge >= 0.3 is 11.9 Å². The van der Waals surface area contributed by atoms with Gasteiger partial charge in [0.15, 0.2) is 0 Å². The van der Waals surface area contributed by atoms with E-state index in [1.165, 1.54) is 23.5 Å². The lowest BCUT2D eigenvalue weighted by Crippen LogP contribution is -2.58. The first-order chi connectivity index (χ1) is 14.6. The molecule has 31 heavy (non-hydrogen) atoms. The highest BCUT2D eigenvalue weighted by Crippen LogP contribution is 2.05. The highest BCUT2D eigenvalue weighted by Gasteiger charge is 2.31. The molecular weight excluding hydrogens is 452 g/mol. The Hall–Kier alpha value is -2.03. The summed E-state index contributed by atoms with van der Waals surface area (Å²) in [5, 5.41) is 33.7. The number of carboxylic acids is 2. The number of amides is 3. The van der Waals surface area contributed by atoms with Crippen LogP contribution in [0.3, 0.4) is 0 Å². The molecule has 0 saturated carbocycles. The molecule has 4 atom stereocenters. The third-order valence-electron chi connectivity index (χ3n) is 4.02. The van der Waals surface area contributed by atoms with Gasteiger partial charge in [-0.25, -0.2) is 4.79 Å². The summed E-state index contributed by atoms with van der Waals surface area (Å²) < 4.78 is 0. The maximum atomic E-state index is 12.7. The highest BCUT2D eigenvalue weighted by atomic mass is 32.2. The van der Waals surface area contributed by atoms with Crippen LogP contribution in [-0.4, -0.2) is 99.8 Å². The van der Waals surface area contributed by atoms with Gasteiger partial charge in [0, 0.05) is 0 Å². The normalized spacial score (nSPS) is 14.6. The van der Waals surface area contributed by atoms with E-state index in [1.807, 2.05) is 11.6 Å². The lowest BCUT2D eigenvalue weighted by molar-refractivity contribution is -0.144. The summed E-state index contributed by atoms with van der Waals surface area (Å²) in [6, 6.07) is -5.19. The molecule has 4 unspecified atom stereocenters. The Morgan fingerprint density at radius 2 is 1.29 bits per heavy atom. The van der Waals surface area contributed by atoms with Crippen LogP contribution in [-0.2, 0) is 24.0 Å². The third-order valence-corrected chi connectivity index (χ3v) is 5.31. The Morgan fingerprint density at radius 1 is 0.806 bits per heavy atom. The highest BCUT2D eigenvalue weighted by molar-refractivity contribution is 7.98. The second kappa shape index (κ2) is 15.7. The minimum absolute atomic E-state index is 0.198. The molecule has 0 aliphatic carbocycles. The van der Waals surface area contributed by atoms with Crippen molar-refractivity contribution in [2.75, 3.05) is 30.6 Å². The van der Waals surface area contributed by atoms with Gasteiger partial charge in [-0.05, 0) is 36.9 Å². The van der Waals surface area contributed by atoms with Gasteiger partial charge in [-0.1, -0.05) is 0 Å². The maximum absolute atomic E-state index is 12.7. The largest absolute Gasteiger partial charge is 0.481 e. The summed E-state index contributed by atoms with van der Waals surface area (Å²) in [5.74, 6) is -4.27. The fourth-order valence-electron chi connectivity index (χ4n) is 2.27. The van der Waals surface area contributed by atoms with Crippen molar-refractivity contribution in [1.29, 1.82) is 0 Å². The first kappa shape index (κ1) is 29.0. The lowest BCUT2D eigenvalue weighted by Gasteiger charge is -2.24. The summed E-state index contributed by atoms with van der Waals surface area (Å²) in [6.07, 6.45) is 3.42. The van der Waals surface area contributed by atoms with Gasteiger partial charge in [0.05, 0.1) is 19.1 Å². The molecule has 0 aliphatic rings. The van der Waals surface area contributed by atoms with Crippen LogP contribution in [0.15, 0.2) is 0 Å². The number of aliphatic hydroxyl groups excluding tert-OH is 1. The van der Waals surface area contributed by atoms with Crippen molar-refractivity contribution < 1.29 is 39.3 Å². The molecule has 0 spiro atoms. The predicted octanol–water partition coefficient (Wildman–Crippen LogP) is -2.17. The van der Waals surface area contributed by atoms with E-state index in [-0.39, 0.29) is 6.42 Å². The molecule has 14 heteroatoms. The molecule has 0 fully saturated rings. The quantitative estimate of drug-likeness (QED) is 0.126. The van der Waals surface area contributed by atoms with Gasteiger partial charge in [-0.15, -0.1) is 0 Å². The number of nitrogens with two attached hydrogens (primary N) is 1. The summed E-state index contributed by atoms with van der Waals surface area (Å²) in [5.41, 5.74) is 5.81. The minimum atomic E-state index is -1.66. The molecule has 0 aromatic heterocycles. The van der Waals surface area contributed by atoms with Crippen molar-refractivity contribution in [3.8, 4) is 0 Å². The molecule has 0 aromatic rings. The van der Waals surface area contributed by atoms with Crippen molar-refractivity contribution >= 4 is 53.2 Å². The number of rotatable bonds is 16. The number of aliphatic carboxylic acids is 2. The molecule has 0 radical (unpaired) electrons. The summed E-state index contributed by atoms with van der Waals surface area (Å²) in [7, 11) is 0. The Morgan fingerprint density at radius 3 is 1.77 bits per heavy atom. The smallest absolute Gasteiger partial charge is 0.328 e. The SMILES string of the molecule is CSCCC(N)C(=O)NC(CCSC)C(=O)NC(CC(=O)O)C(=O)NC(CO)C(=O)O. The van der Waals surface area contributed by atoms with Crippen LogP contribution >= 0.6 is 23.5 Å². The first-order valence-electron chi connectivity index (χ1n) is 9.27. The van der Waals surface area contributed by atoms with Gasteiger partial charge in [-0.3, -0.25) is 19.2 Å². The molecule has 178 valence electrons. The van der Waals surface area contributed by atoms with Crippen molar-refractivity contribution in [1.82, 2.24) is 16.0 Å². The zero-order valence-corrected chi connectivity index (χ0v) is 19.0. The van der Waals surface area contributed by atoms with E-state index in [0.717, 1.165) is 0 Å². The van der Waals surface area contributed by atoms with Crippen molar-refractivity contribution in [2.45, 2.75) is 43.4 Å². The Bertz CT molecular complexity index is 637. The van der Waals surface area contributed by atoms with Crippen LogP contribution in [0.2, 0.25) is 0 Å². The van der Waals surface area contributed by atoms with E-state index in [4.69, 9.17) is 21.1 Å². The summed E-state index contributed by atoms with van der Waals surface area (Å²) in [4.78, 5) is 59.4. The number of aliphatic hydroxyl groups is 1. The number of carboxylic acid groups (broad SMARTS) is 2. The van der Waals surface area contributed by atoms with Crippen molar-refractivity contribution in [2.24, 2.45) is 5.73 Å². The molecule has 0 heterocycles. The number of hydrogen-bond donors (Lipinski definition) is 7. The zero-order chi connectivity index (χ0) is 24.0. The second-order valence-electron chi connectivity index (χ2n) is 6.47. The Balaban J connectivity index is 5.33. The molecule has 0 rings (SSSR count). The third kappa shape index (κ3) is 11.8. The topological polar surface area (TPSA) is 208 Å². The molecule has 3 amide bonds. The fourth-order valence-corrected chi connectivity index (χ4v) is 3.23. The van der Waals surface area contributed by atoms with E-state index in [1.54, 1.807) is 6.26 Å². The zero-order valence-electron chi connectivity index (χ0n) is 17.3. The number of carbonyl (C=O) groups excluding carboxylic acids is 3. The molecular formula is C17H30N4O8S2. The first-order valence-corrected chi connectivity index (χ1v) is 12.1. The second-order valence-corrected chi connectivity index (χ2v) is 8.44. The molecule has 0 aromatic carbocycles. The Labute approximate surface area is 188 Å². The van der Waals surface area contributed by atoms with Crippen LogP contribution in [0, 0.1) is 0 Å². The van der Waals surface area contributed by atoms with Gasteiger partial charge in [0.25, 0.3) is 0 Å². The number of thioether (sulfide) groups is 2. The number of hydrogen-bond acceptors (Lipinski definition) is 9. The van der Waals surface area contributed by atoms with Crippen LogP contribution in [0.25, 0.3) is 0 Å². The molecule has 12 nitrogen and oxygen atoms in total. The van der Waals surface area contributed by atoms with E-state index in [9.17, 15) is 24.0 Å². The van der Waals surface area contributed by atoms with E-state index < -0.39 is 66.9 Å². The van der Waals surface area contributed by atoms with Gasteiger partial charge < -0.3 is 37.0 Å². The monoisotopic (exact) mass is 482 g/mol. The molecule has 0 bridgehead atoms. The maximum Gasteiger partial charge on any atom is 0.328 e. The predicted molar refractivity (Wildman–Crippen MR) is 117 cm³/mol.